The number of aromatic nitrogens is 1. The number of nitrogens with zero attached hydrogens (tertiary/aromatic N) is 2. The number of alkyl halides is 3. The standard InChI is InChI=1S/C11H12F4N2O/c1-7(2)17(6-11(13,14)15)10(18)8-3-4-16-5-9(8)12/h3-5,7H,6H2,1-2H3. The lowest BCUT2D eigenvalue weighted by molar-refractivity contribution is -0.143. The second-order valence-corrected chi connectivity index (χ2v) is 4.00. The van der Waals surface area contributed by atoms with Crippen LogP contribution in [0.5, 0.6) is 0 Å². The normalized spacial score (nSPS) is 11.7. The van der Waals surface area contributed by atoms with Crippen molar-refractivity contribution in [2.45, 2.75) is 26.1 Å². The molecule has 1 aromatic heterocycles. The fourth-order valence-corrected chi connectivity index (χ4v) is 1.39. The molecule has 0 N–H and O–H groups in total. The highest BCUT2D eigenvalue weighted by Gasteiger charge is 2.35. The highest BCUT2D eigenvalue weighted by Crippen LogP contribution is 2.20. The van der Waals surface area contributed by atoms with Crippen LogP contribution in [0.25, 0.3) is 0 Å². The van der Waals surface area contributed by atoms with Crippen molar-refractivity contribution in [3.63, 3.8) is 0 Å². The lowest BCUT2D eigenvalue weighted by atomic mass is 10.2. The van der Waals surface area contributed by atoms with Gasteiger partial charge in [0.1, 0.15) is 6.54 Å². The number of hydrogen-bond acceptors (Lipinski definition) is 2. The number of carbonyl (C=O) groups excluding carboxylic acids is 1. The maximum atomic E-state index is 13.3. The molecule has 0 aliphatic heterocycles. The van der Waals surface area contributed by atoms with E-state index in [4.69, 9.17) is 0 Å². The topological polar surface area (TPSA) is 33.2 Å². The van der Waals surface area contributed by atoms with Gasteiger partial charge in [-0.15, -0.1) is 0 Å². The average Bonchev–Trinajstić information content (AvgIpc) is 2.24. The lowest BCUT2D eigenvalue weighted by Crippen LogP contribution is -2.43. The number of amides is 1. The van der Waals surface area contributed by atoms with E-state index < -0.39 is 36.1 Å². The summed E-state index contributed by atoms with van der Waals surface area (Å²) >= 11 is 0. The summed E-state index contributed by atoms with van der Waals surface area (Å²) in [6.45, 7) is 1.46. The predicted octanol–water partition coefficient (Wildman–Crippen LogP) is 2.63. The van der Waals surface area contributed by atoms with Crippen LogP contribution >= 0.6 is 0 Å². The maximum Gasteiger partial charge on any atom is 0.406 e. The van der Waals surface area contributed by atoms with Crippen LogP contribution < -0.4 is 0 Å². The zero-order valence-electron chi connectivity index (χ0n) is 9.83. The fourth-order valence-electron chi connectivity index (χ4n) is 1.39. The molecular weight excluding hydrogens is 252 g/mol. The smallest absolute Gasteiger partial charge is 0.327 e. The number of rotatable bonds is 3. The molecule has 0 radical (unpaired) electrons. The summed E-state index contributed by atoms with van der Waals surface area (Å²) in [6.07, 6.45) is -2.58. The molecule has 0 unspecified atom stereocenters. The van der Waals surface area contributed by atoms with Gasteiger partial charge in [0.25, 0.3) is 5.91 Å². The third-order valence-corrected chi connectivity index (χ3v) is 2.24. The van der Waals surface area contributed by atoms with Crippen molar-refractivity contribution in [2.75, 3.05) is 6.54 Å². The van der Waals surface area contributed by atoms with E-state index in [1.54, 1.807) is 0 Å². The molecule has 0 aromatic carbocycles. The zero-order chi connectivity index (χ0) is 13.9. The van der Waals surface area contributed by atoms with Crippen LogP contribution in [0.4, 0.5) is 17.6 Å². The van der Waals surface area contributed by atoms with E-state index in [-0.39, 0.29) is 0 Å². The van der Waals surface area contributed by atoms with Crippen molar-refractivity contribution in [3.8, 4) is 0 Å². The molecule has 0 bridgehead atoms. The van der Waals surface area contributed by atoms with Gasteiger partial charge in [-0.3, -0.25) is 9.78 Å². The summed E-state index contributed by atoms with van der Waals surface area (Å²) in [5.41, 5.74) is -0.414. The van der Waals surface area contributed by atoms with Crippen LogP contribution in [0.2, 0.25) is 0 Å². The van der Waals surface area contributed by atoms with E-state index >= 15 is 0 Å². The van der Waals surface area contributed by atoms with Gasteiger partial charge in [-0.1, -0.05) is 0 Å². The minimum absolute atomic E-state index is 0.414. The molecule has 0 aliphatic rings. The summed E-state index contributed by atoms with van der Waals surface area (Å²) in [5, 5.41) is 0. The summed E-state index contributed by atoms with van der Waals surface area (Å²) in [7, 11) is 0. The van der Waals surface area contributed by atoms with Crippen LogP contribution in [0, 0.1) is 5.82 Å². The average molecular weight is 264 g/mol. The molecule has 18 heavy (non-hydrogen) atoms. The molecule has 0 atom stereocenters. The Balaban J connectivity index is 3.01. The van der Waals surface area contributed by atoms with E-state index in [2.05, 4.69) is 4.98 Å². The van der Waals surface area contributed by atoms with Gasteiger partial charge >= 0.3 is 6.18 Å². The van der Waals surface area contributed by atoms with Crippen LogP contribution in [-0.2, 0) is 0 Å². The first-order valence-electron chi connectivity index (χ1n) is 5.19. The number of carbonyl (C=O) groups is 1. The highest BCUT2D eigenvalue weighted by molar-refractivity contribution is 5.94. The molecule has 0 fully saturated rings. The number of hydrogen-bond donors (Lipinski definition) is 0. The first-order valence-corrected chi connectivity index (χ1v) is 5.19. The van der Waals surface area contributed by atoms with Crippen molar-refractivity contribution in [1.82, 2.24) is 9.88 Å². The number of pyridine rings is 1. The lowest BCUT2D eigenvalue weighted by Gasteiger charge is -2.27. The minimum Gasteiger partial charge on any atom is -0.327 e. The highest BCUT2D eigenvalue weighted by atomic mass is 19.4. The molecule has 0 saturated heterocycles. The molecule has 1 amide bonds. The molecule has 0 saturated carbocycles. The fraction of sp³-hybridized carbons (Fsp3) is 0.455. The van der Waals surface area contributed by atoms with Gasteiger partial charge in [0.2, 0.25) is 0 Å². The molecule has 0 aliphatic carbocycles. The molecule has 3 nitrogen and oxygen atoms in total. The molecule has 0 spiro atoms. The predicted molar refractivity (Wildman–Crippen MR) is 56.4 cm³/mol. The van der Waals surface area contributed by atoms with Crippen molar-refractivity contribution in [1.29, 1.82) is 0 Å². The summed E-state index contributed by atoms with van der Waals surface area (Å²) in [6, 6.07) is 0.371. The van der Waals surface area contributed by atoms with Gasteiger partial charge < -0.3 is 4.90 Å². The quantitative estimate of drug-likeness (QED) is 0.786. The van der Waals surface area contributed by atoms with Gasteiger partial charge in [0, 0.05) is 12.2 Å². The molecule has 1 aromatic rings. The van der Waals surface area contributed by atoms with Crippen LogP contribution in [-0.4, -0.2) is 34.6 Å². The molecule has 1 rings (SSSR count). The molecule has 1 heterocycles. The Kier molecular flexibility index (Phi) is 4.26. The first kappa shape index (κ1) is 14.4. The third-order valence-electron chi connectivity index (χ3n) is 2.24. The largest absolute Gasteiger partial charge is 0.406 e. The van der Waals surface area contributed by atoms with Crippen molar-refractivity contribution >= 4 is 5.91 Å². The Morgan fingerprint density at radius 3 is 2.50 bits per heavy atom. The Morgan fingerprint density at radius 1 is 1.44 bits per heavy atom. The van der Waals surface area contributed by atoms with E-state index in [1.807, 2.05) is 0 Å². The Labute approximate surface area is 101 Å². The van der Waals surface area contributed by atoms with Gasteiger partial charge in [-0.25, -0.2) is 4.39 Å². The summed E-state index contributed by atoms with van der Waals surface area (Å²) in [4.78, 5) is 15.8. The van der Waals surface area contributed by atoms with Gasteiger partial charge in [-0.05, 0) is 19.9 Å². The monoisotopic (exact) mass is 264 g/mol. The molecule has 100 valence electrons. The second kappa shape index (κ2) is 5.32. The Morgan fingerprint density at radius 2 is 2.06 bits per heavy atom. The number of halogens is 4. The minimum atomic E-state index is -4.52. The molecular formula is C11H12F4N2O. The Hall–Kier alpha value is -1.66. The summed E-state index contributed by atoms with van der Waals surface area (Å²) in [5.74, 6) is -1.93. The van der Waals surface area contributed by atoms with Gasteiger partial charge in [-0.2, -0.15) is 13.2 Å². The first-order chi connectivity index (χ1) is 8.22. The van der Waals surface area contributed by atoms with Gasteiger partial charge in [0.05, 0.1) is 11.8 Å². The second-order valence-electron chi connectivity index (χ2n) is 4.00. The third kappa shape index (κ3) is 3.68. The van der Waals surface area contributed by atoms with Crippen LogP contribution in [0.1, 0.15) is 24.2 Å². The maximum absolute atomic E-state index is 13.3. The van der Waals surface area contributed by atoms with Crippen molar-refractivity contribution < 1.29 is 22.4 Å². The van der Waals surface area contributed by atoms with E-state index in [1.165, 1.54) is 13.8 Å². The van der Waals surface area contributed by atoms with E-state index in [0.717, 1.165) is 18.5 Å². The molecule has 7 heteroatoms. The van der Waals surface area contributed by atoms with Crippen molar-refractivity contribution in [3.05, 3.63) is 29.8 Å². The zero-order valence-corrected chi connectivity index (χ0v) is 9.83. The van der Waals surface area contributed by atoms with Crippen LogP contribution in [0.3, 0.4) is 0 Å². The van der Waals surface area contributed by atoms with Crippen LogP contribution in [0.15, 0.2) is 18.5 Å². The SMILES string of the molecule is CC(C)N(CC(F)(F)F)C(=O)c1ccncc1F. The summed E-state index contributed by atoms with van der Waals surface area (Å²) < 4.78 is 50.3. The van der Waals surface area contributed by atoms with Gasteiger partial charge in [0.15, 0.2) is 5.82 Å². The Bertz CT molecular complexity index is 431. The van der Waals surface area contributed by atoms with E-state index in [9.17, 15) is 22.4 Å². The van der Waals surface area contributed by atoms with E-state index in [0.29, 0.717) is 4.90 Å². The van der Waals surface area contributed by atoms with Crippen molar-refractivity contribution in [2.24, 2.45) is 0 Å².